The molecule has 0 fully saturated rings. The molecule has 2 heterocycles. The molecule has 8 heteroatoms. The molecule has 1 amide bonds. The largest absolute Gasteiger partial charge is 0.416 e. The summed E-state index contributed by atoms with van der Waals surface area (Å²) in [5.41, 5.74) is 3.84. The lowest BCUT2D eigenvalue weighted by molar-refractivity contribution is 0.192. The van der Waals surface area contributed by atoms with Crippen molar-refractivity contribution in [1.82, 2.24) is 4.98 Å². The van der Waals surface area contributed by atoms with Crippen LogP contribution in [0.15, 0.2) is 41.2 Å². The summed E-state index contributed by atoms with van der Waals surface area (Å²) >= 11 is 3.44. The van der Waals surface area contributed by atoms with E-state index in [1.807, 2.05) is 25.4 Å². The molecule has 0 bridgehead atoms. The number of benzene rings is 1. The van der Waals surface area contributed by atoms with E-state index in [1.54, 1.807) is 13.0 Å². The molecule has 3 rings (SSSR count). The van der Waals surface area contributed by atoms with E-state index >= 15 is 0 Å². The number of hydrogen-bond acceptors (Lipinski definition) is 5. The van der Waals surface area contributed by atoms with Crippen LogP contribution >= 0.6 is 15.9 Å². The normalized spacial score (nSPS) is 12.7. The number of nitrogens with zero attached hydrogens (tertiary/aromatic N) is 2. The molecular formula is C21H22BrFN4O2. The maximum absolute atomic E-state index is 14.4. The molecule has 0 spiro atoms. The lowest BCUT2D eigenvalue weighted by Crippen LogP contribution is -2.28. The highest BCUT2D eigenvalue weighted by molar-refractivity contribution is 9.10. The first-order chi connectivity index (χ1) is 13.8. The van der Waals surface area contributed by atoms with Crippen LogP contribution < -0.4 is 15.5 Å². The number of anilines is 3. The van der Waals surface area contributed by atoms with Crippen LogP contribution in [0.1, 0.15) is 25.0 Å². The Morgan fingerprint density at radius 2 is 2.17 bits per heavy atom. The number of aromatic nitrogens is 1. The minimum Gasteiger partial charge on any atom is -0.416 e. The van der Waals surface area contributed by atoms with Gasteiger partial charge >= 0.3 is 6.09 Å². The van der Waals surface area contributed by atoms with Gasteiger partial charge in [-0.2, -0.15) is 0 Å². The van der Waals surface area contributed by atoms with Gasteiger partial charge in [0.1, 0.15) is 11.6 Å². The number of likely N-dealkylation sites (N-methyl/N-ethyl adjacent to an activating group) is 1. The number of pyridine rings is 1. The molecule has 0 aliphatic carbocycles. The van der Waals surface area contributed by atoms with Gasteiger partial charge in [-0.15, -0.1) is 0 Å². The highest BCUT2D eigenvalue weighted by Crippen LogP contribution is 2.37. The summed E-state index contributed by atoms with van der Waals surface area (Å²) in [6.45, 7) is 8.56. The van der Waals surface area contributed by atoms with Gasteiger partial charge in [0, 0.05) is 48.1 Å². The first-order valence-corrected chi connectivity index (χ1v) is 9.88. The lowest BCUT2D eigenvalue weighted by atomic mass is 9.97. The Labute approximate surface area is 177 Å². The molecule has 0 saturated carbocycles. The number of rotatable bonds is 5. The molecule has 1 aromatic heterocycles. The van der Waals surface area contributed by atoms with Crippen molar-refractivity contribution < 1.29 is 13.9 Å². The monoisotopic (exact) mass is 460 g/mol. The van der Waals surface area contributed by atoms with Gasteiger partial charge < -0.3 is 15.0 Å². The van der Waals surface area contributed by atoms with E-state index in [1.165, 1.54) is 6.07 Å². The number of ether oxygens (including phenoxy) is 1. The minimum absolute atomic E-state index is 0.0350. The highest BCUT2D eigenvalue weighted by atomic mass is 79.9. The molecule has 152 valence electrons. The number of nitrogens with one attached hydrogen (secondary N) is 2. The molecule has 2 N–H and O–H groups in total. The van der Waals surface area contributed by atoms with Gasteiger partial charge in [0.2, 0.25) is 0 Å². The number of fused-ring (bicyclic) bond motifs is 1. The van der Waals surface area contributed by atoms with E-state index in [2.05, 4.69) is 50.0 Å². The number of hydrogen-bond donors (Lipinski definition) is 2. The van der Waals surface area contributed by atoms with Crippen molar-refractivity contribution in [2.75, 3.05) is 35.7 Å². The fraction of sp³-hybridized carbons (Fsp3) is 0.238. The molecule has 29 heavy (non-hydrogen) atoms. The second-order valence-electron chi connectivity index (χ2n) is 6.59. The summed E-state index contributed by atoms with van der Waals surface area (Å²) in [5, 5.41) is 5.48. The van der Waals surface area contributed by atoms with Crippen LogP contribution in [0.4, 0.5) is 26.4 Å². The van der Waals surface area contributed by atoms with E-state index in [-0.39, 0.29) is 11.4 Å². The Balaban J connectivity index is 2.01. The third-order valence-electron chi connectivity index (χ3n) is 4.49. The third-order valence-corrected chi connectivity index (χ3v) is 5.14. The van der Waals surface area contributed by atoms with Gasteiger partial charge in [0.25, 0.3) is 0 Å². The first kappa shape index (κ1) is 20.9. The molecule has 6 nitrogen and oxygen atoms in total. The van der Waals surface area contributed by atoms with Gasteiger partial charge in [0.15, 0.2) is 0 Å². The van der Waals surface area contributed by atoms with E-state index < -0.39 is 11.9 Å². The SMILES string of the molecule is C=C(C)OC(=O)Nc1cc(C2=Cc3cnc(NC)cc3N(CC)C2)c(Br)cc1F. The van der Waals surface area contributed by atoms with Gasteiger partial charge in [0.05, 0.1) is 11.4 Å². The van der Waals surface area contributed by atoms with Crippen molar-refractivity contribution in [1.29, 1.82) is 0 Å². The van der Waals surface area contributed by atoms with Crippen LogP contribution in [0.25, 0.3) is 11.6 Å². The van der Waals surface area contributed by atoms with Gasteiger partial charge in [-0.3, -0.25) is 5.32 Å². The molecule has 1 aliphatic rings. The quantitative estimate of drug-likeness (QED) is 0.577. The maximum Gasteiger partial charge on any atom is 0.416 e. The molecule has 0 atom stereocenters. The Bertz CT molecular complexity index is 1010. The fourth-order valence-electron chi connectivity index (χ4n) is 3.13. The van der Waals surface area contributed by atoms with Crippen molar-refractivity contribution in [2.24, 2.45) is 0 Å². The summed E-state index contributed by atoms with van der Waals surface area (Å²) in [5.74, 6) is 0.451. The van der Waals surface area contributed by atoms with E-state index in [4.69, 9.17) is 4.74 Å². The second kappa shape index (κ2) is 8.65. The highest BCUT2D eigenvalue weighted by Gasteiger charge is 2.22. The van der Waals surface area contributed by atoms with Crippen LogP contribution in [-0.4, -0.2) is 31.2 Å². The molecule has 0 saturated heterocycles. The Morgan fingerprint density at radius 3 is 2.83 bits per heavy atom. The number of halogens is 2. The van der Waals surface area contributed by atoms with E-state index in [0.29, 0.717) is 11.0 Å². The average molecular weight is 461 g/mol. The number of allylic oxidation sites excluding steroid dienone is 1. The zero-order valence-corrected chi connectivity index (χ0v) is 18.1. The van der Waals surface area contributed by atoms with Crippen molar-refractivity contribution in [3.63, 3.8) is 0 Å². The van der Waals surface area contributed by atoms with E-state index in [0.717, 1.165) is 34.8 Å². The Morgan fingerprint density at radius 1 is 1.41 bits per heavy atom. The number of carbonyl (C=O) groups is 1. The predicted octanol–water partition coefficient (Wildman–Crippen LogP) is 5.49. The summed E-state index contributed by atoms with van der Waals surface area (Å²) in [6, 6.07) is 4.94. The molecule has 0 unspecified atom stereocenters. The van der Waals surface area contributed by atoms with Crippen molar-refractivity contribution in [3.05, 3.63) is 58.2 Å². The number of amides is 1. The first-order valence-electron chi connectivity index (χ1n) is 9.09. The second-order valence-corrected chi connectivity index (χ2v) is 7.44. The third kappa shape index (κ3) is 4.59. The van der Waals surface area contributed by atoms with Crippen molar-refractivity contribution in [2.45, 2.75) is 13.8 Å². The van der Waals surface area contributed by atoms with E-state index in [9.17, 15) is 9.18 Å². The van der Waals surface area contributed by atoms with Crippen molar-refractivity contribution >= 4 is 50.9 Å². The maximum atomic E-state index is 14.4. The van der Waals surface area contributed by atoms with Gasteiger partial charge in [-0.1, -0.05) is 22.5 Å². The molecule has 2 aromatic rings. The van der Waals surface area contributed by atoms with Crippen LogP contribution in [0.5, 0.6) is 0 Å². The van der Waals surface area contributed by atoms with Gasteiger partial charge in [-0.25, -0.2) is 14.2 Å². The fourth-order valence-corrected chi connectivity index (χ4v) is 3.70. The predicted molar refractivity (Wildman–Crippen MR) is 119 cm³/mol. The summed E-state index contributed by atoms with van der Waals surface area (Å²) < 4.78 is 19.9. The topological polar surface area (TPSA) is 66.5 Å². The lowest BCUT2D eigenvalue weighted by Gasteiger charge is -2.31. The van der Waals surface area contributed by atoms with Crippen LogP contribution in [0.2, 0.25) is 0 Å². The smallest absolute Gasteiger partial charge is 0.416 e. The zero-order valence-electron chi connectivity index (χ0n) is 16.5. The summed E-state index contributed by atoms with van der Waals surface area (Å²) in [7, 11) is 1.83. The van der Waals surface area contributed by atoms with Crippen molar-refractivity contribution in [3.8, 4) is 0 Å². The average Bonchev–Trinajstić information content (AvgIpc) is 2.68. The Kier molecular flexibility index (Phi) is 6.22. The zero-order chi connectivity index (χ0) is 21.1. The Hall–Kier alpha value is -2.87. The molecule has 1 aliphatic heterocycles. The van der Waals surface area contributed by atoms with Gasteiger partial charge in [-0.05, 0) is 43.2 Å². The standard InChI is InChI=1S/C21H22BrFN4O2/c1-5-27-11-14(6-13-10-25-20(24-4)9-19(13)27)15-7-18(17(23)8-16(15)22)26-21(28)29-12(2)3/h6-10H,2,5,11H2,1,3-4H3,(H,24,25)(H,26,28). The summed E-state index contributed by atoms with van der Waals surface area (Å²) in [4.78, 5) is 18.5. The molecule has 1 aromatic carbocycles. The molecule has 0 radical (unpaired) electrons. The minimum atomic E-state index is -0.786. The van der Waals surface area contributed by atoms with Crippen LogP contribution in [0, 0.1) is 5.82 Å². The number of carbonyl (C=O) groups excluding carboxylic acids is 1. The van der Waals surface area contributed by atoms with Crippen LogP contribution in [0.3, 0.4) is 0 Å². The van der Waals surface area contributed by atoms with Crippen LogP contribution in [-0.2, 0) is 4.74 Å². The summed E-state index contributed by atoms with van der Waals surface area (Å²) in [6.07, 6.45) is 3.05. The molecular weight excluding hydrogens is 439 g/mol.